The van der Waals surface area contributed by atoms with Crippen molar-refractivity contribution in [2.45, 2.75) is 0 Å². The zero-order valence-electron chi connectivity index (χ0n) is 7.72. The standard InChI is InChI=1S/C11H8BrNO2/c12-9-3-1-2-4-10(9)15-11-6-5-8(14)7-13-11/h1-7,14H. The molecule has 0 amide bonds. The Morgan fingerprint density at radius 1 is 1.13 bits per heavy atom. The Bertz CT molecular complexity index is 456. The molecule has 0 spiro atoms. The second-order valence-corrected chi connectivity index (χ2v) is 3.74. The third-order valence-electron chi connectivity index (χ3n) is 1.77. The minimum atomic E-state index is 0.120. The van der Waals surface area contributed by atoms with Gasteiger partial charge < -0.3 is 9.84 Å². The monoisotopic (exact) mass is 265 g/mol. The first-order valence-electron chi connectivity index (χ1n) is 4.33. The molecule has 3 nitrogen and oxygen atoms in total. The van der Waals surface area contributed by atoms with Gasteiger partial charge in [0, 0.05) is 6.07 Å². The molecule has 2 rings (SSSR count). The second-order valence-electron chi connectivity index (χ2n) is 2.89. The smallest absolute Gasteiger partial charge is 0.219 e. The Morgan fingerprint density at radius 3 is 2.60 bits per heavy atom. The van der Waals surface area contributed by atoms with E-state index in [0.29, 0.717) is 11.6 Å². The highest BCUT2D eigenvalue weighted by Gasteiger charge is 2.01. The van der Waals surface area contributed by atoms with Gasteiger partial charge in [-0.2, -0.15) is 0 Å². The van der Waals surface area contributed by atoms with Gasteiger partial charge >= 0.3 is 0 Å². The lowest BCUT2D eigenvalue weighted by molar-refractivity contribution is 0.446. The molecule has 1 aromatic carbocycles. The van der Waals surface area contributed by atoms with E-state index in [4.69, 9.17) is 9.84 Å². The third kappa shape index (κ3) is 2.47. The Labute approximate surface area is 95.5 Å². The summed E-state index contributed by atoms with van der Waals surface area (Å²) in [4.78, 5) is 3.92. The van der Waals surface area contributed by atoms with E-state index >= 15 is 0 Å². The highest BCUT2D eigenvalue weighted by atomic mass is 79.9. The number of para-hydroxylation sites is 1. The van der Waals surface area contributed by atoms with Crippen LogP contribution < -0.4 is 4.74 Å². The first-order valence-corrected chi connectivity index (χ1v) is 5.12. The summed E-state index contributed by atoms with van der Waals surface area (Å²) in [6, 6.07) is 10.6. The zero-order chi connectivity index (χ0) is 10.7. The van der Waals surface area contributed by atoms with Gasteiger partial charge in [0.15, 0.2) is 0 Å². The third-order valence-corrected chi connectivity index (χ3v) is 2.43. The minimum absolute atomic E-state index is 0.120. The fourth-order valence-electron chi connectivity index (χ4n) is 1.07. The zero-order valence-corrected chi connectivity index (χ0v) is 9.31. The van der Waals surface area contributed by atoms with E-state index in [1.807, 2.05) is 24.3 Å². The normalized spacial score (nSPS) is 9.93. The average Bonchev–Trinajstić information content (AvgIpc) is 2.25. The summed E-state index contributed by atoms with van der Waals surface area (Å²) >= 11 is 3.37. The maximum atomic E-state index is 9.05. The fourth-order valence-corrected chi connectivity index (χ4v) is 1.44. The van der Waals surface area contributed by atoms with Crippen molar-refractivity contribution in [2.75, 3.05) is 0 Å². The molecule has 0 aliphatic carbocycles. The number of pyridine rings is 1. The summed E-state index contributed by atoms with van der Waals surface area (Å²) in [5.41, 5.74) is 0. The molecule has 76 valence electrons. The molecular formula is C11H8BrNO2. The molecule has 0 bridgehead atoms. The average molecular weight is 266 g/mol. The van der Waals surface area contributed by atoms with E-state index in [1.54, 1.807) is 6.07 Å². The van der Waals surface area contributed by atoms with Gasteiger partial charge in [-0.05, 0) is 34.1 Å². The number of aromatic nitrogens is 1. The van der Waals surface area contributed by atoms with Crippen molar-refractivity contribution in [3.63, 3.8) is 0 Å². The van der Waals surface area contributed by atoms with Crippen LogP contribution in [-0.4, -0.2) is 10.1 Å². The fraction of sp³-hybridized carbons (Fsp3) is 0. The van der Waals surface area contributed by atoms with E-state index < -0.39 is 0 Å². The predicted molar refractivity (Wildman–Crippen MR) is 60.1 cm³/mol. The highest BCUT2D eigenvalue weighted by Crippen LogP contribution is 2.28. The van der Waals surface area contributed by atoms with Gasteiger partial charge in [0.1, 0.15) is 11.5 Å². The van der Waals surface area contributed by atoms with Gasteiger partial charge in [-0.1, -0.05) is 12.1 Å². The number of ether oxygens (including phenoxy) is 1. The second kappa shape index (κ2) is 4.31. The minimum Gasteiger partial charge on any atom is -0.506 e. The van der Waals surface area contributed by atoms with E-state index in [0.717, 1.165) is 4.47 Å². The van der Waals surface area contributed by atoms with Gasteiger partial charge in [-0.15, -0.1) is 0 Å². The topological polar surface area (TPSA) is 42.4 Å². The van der Waals surface area contributed by atoms with Crippen LogP contribution in [0.1, 0.15) is 0 Å². The molecule has 1 aromatic heterocycles. The highest BCUT2D eigenvalue weighted by molar-refractivity contribution is 9.10. The van der Waals surface area contributed by atoms with Crippen LogP contribution >= 0.6 is 15.9 Å². The number of rotatable bonds is 2. The molecule has 4 heteroatoms. The van der Waals surface area contributed by atoms with Crippen LogP contribution in [0.15, 0.2) is 47.1 Å². The van der Waals surface area contributed by atoms with Crippen molar-refractivity contribution in [2.24, 2.45) is 0 Å². The summed E-state index contributed by atoms with van der Waals surface area (Å²) in [5, 5.41) is 9.05. The van der Waals surface area contributed by atoms with Gasteiger partial charge in [0.05, 0.1) is 10.7 Å². The van der Waals surface area contributed by atoms with Crippen LogP contribution in [0.3, 0.4) is 0 Å². The Morgan fingerprint density at radius 2 is 1.93 bits per heavy atom. The molecular weight excluding hydrogens is 258 g/mol. The molecule has 0 radical (unpaired) electrons. The lowest BCUT2D eigenvalue weighted by Crippen LogP contribution is -1.87. The van der Waals surface area contributed by atoms with Crippen LogP contribution in [0.4, 0.5) is 0 Å². The van der Waals surface area contributed by atoms with Crippen molar-refractivity contribution in [1.82, 2.24) is 4.98 Å². The lowest BCUT2D eigenvalue weighted by Gasteiger charge is -2.05. The Kier molecular flexibility index (Phi) is 2.87. The molecule has 0 saturated heterocycles. The molecule has 1 heterocycles. The van der Waals surface area contributed by atoms with E-state index in [2.05, 4.69) is 20.9 Å². The molecule has 2 aromatic rings. The van der Waals surface area contributed by atoms with Crippen molar-refractivity contribution >= 4 is 15.9 Å². The number of hydrogen-bond acceptors (Lipinski definition) is 3. The summed E-state index contributed by atoms with van der Waals surface area (Å²) in [7, 11) is 0. The number of hydrogen-bond donors (Lipinski definition) is 1. The molecule has 0 saturated carbocycles. The first kappa shape index (κ1) is 9.98. The quantitative estimate of drug-likeness (QED) is 0.906. The summed E-state index contributed by atoms with van der Waals surface area (Å²) < 4.78 is 6.36. The molecule has 0 atom stereocenters. The van der Waals surface area contributed by atoms with E-state index in [-0.39, 0.29) is 5.75 Å². The van der Waals surface area contributed by atoms with Crippen LogP contribution in [-0.2, 0) is 0 Å². The maximum Gasteiger partial charge on any atom is 0.219 e. The van der Waals surface area contributed by atoms with Crippen molar-refractivity contribution in [3.05, 3.63) is 47.1 Å². The van der Waals surface area contributed by atoms with E-state index in [9.17, 15) is 0 Å². The number of nitrogens with zero attached hydrogens (tertiary/aromatic N) is 1. The molecule has 0 fully saturated rings. The van der Waals surface area contributed by atoms with Crippen molar-refractivity contribution in [1.29, 1.82) is 0 Å². The summed E-state index contributed by atoms with van der Waals surface area (Å²) in [5.74, 6) is 1.25. The Balaban J connectivity index is 2.22. The molecule has 15 heavy (non-hydrogen) atoms. The number of halogens is 1. The summed E-state index contributed by atoms with van der Waals surface area (Å²) in [6.45, 7) is 0. The van der Waals surface area contributed by atoms with Crippen LogP contribution in [0.2, 0.25) is 0 Å². The van der Waals surface area contributed by atoms with Crippen LogP contribution in [0.5, 0.6) is 17.4 Å². The Hall–Kier alpha value is -1.55. The first-order chi connectivity index (χ1) is 7.25. The van der Waals surface area contributed by atoms with Gasteiger partial charge in [0.25, 0.3) is 0 Å². The van der Waals surface area contributed by atoms with E-state index in [1.165, 1.54) is 12.3 Å². The van der Waals surface area contributed by atoms with Gasteiger partial charge in [-0.25, -0.2) is 4.98 Å². The van der Waals surface area contributed by atoms with Crippen molar-refractivity contribution < 1.29 is 9.84 Å². The number of benzene rings is 1. The molecule has 0 aliphatic rings. The van der Waals surface area contributed by atoms with Crippen LogP contribution in [0, 0.1) is 0 Å². The van der Waals surface area contributed by atoms with Crippen molar-refractivity contribution in [3.8, 4) is 17.4 Å². The van der Waals surface area contributed by atoms with Gasteiger partial charge in [0.2, 0.25) is 5.88 Å². The molecule has 1 N–H and O–H groups in total. The lowest BCUT2D eigenvalue weighted by atomic mass is 10.3. The van der Waals surface area contributed by atoms with Gasteiger partial charge in [-0.3, -0.25) is 0 Å². The summed E-state index contributed by atoms with van der Waals surface area (Å²) in [6.07, 6.45) is 1.34. The SMILES string of the molecule is Oc1ccc(Oc2ccccc2Br)nc1. The molecule has 0 unspecified atom stereocenters. The molecule has 0 aliphatic heterocycles. The largest absolute Gasteiger partial charge is 0.506 e. The predicted octanol–water partition coefficient (Wildman–Crippen LogP) is 3.34. The maximum absolute atomic E-state index is 9.05. The van der Waals surface area contributed by atoms with Crippen LogP contribution in [0.25, 0.3) is 0 Å². The number of aromatic hydroxyl groups is 1.